The Kier molecular flexibility index (Phi) is 8.96. The van der Waals surface area contributed by atoms with Crippen molar-refractivity contribution in [1.29, 1.82) is 0 Å². The number of amides is 2. The molecule has 2 N–H and O–H groups in total. The fourth-order valence-electron chi connectivity index (χ4n) is 5.60. The minimum absolute atomic E-state index is 0.159. The molecule has 0 unspecified atom stereocenters. The van der Waals surface area contributed by atoms with Crippen molar-refractivity contribution in [3.05, 3.63) is 179 Å². The van der Waals surface area contributed by atoms with E-state index in [1.807, 2.05) is 72.8 Å². The molecule has 4 aliphatic heterocycles. The van der Waals surface area contributed by atoms with Crippen LogP contribution in [0.1, 0.15) is 43.0 Å². The van der Waals surface area contributed by atoms with Crippen molar-refractivity contribution in [2.75, 3.05) is 0 Å². The van der Waals surface area contributed by atoms with E-state index in [4.69, 9.17) is 9.47 Å². The predicted octanol–water partition coefficient (Wildman–Crippen LogP) is 8.35. The minimum Gasteiger partial charge on any atom is -0.489 e. The third-order valence-electron chi connectivity index (χ3n) is 8.37. The fraction of sp³-hybridized carbons (Fsp3) is 0.0952. The van der Waals surface area contributed by atoms with Gasteiger partial charge in [0.1, 0.15) is 24.7 Å². The van der Waals surface area contributed by atoms with Gasteiger partial charge in [-0.15, -0.1) is 0 Å². The highest BCUT2D eigenvalue weighted by Crippen LogP contribution is 2.27. The van der Waals surface area contributed by atoms with Crippen LogP contribution in [0.5, 0.6) is 11.5 Å². The van der Waals surface area contributed by atoms with E-state index in [0.717, 1.165) is 44.5 Å². The van der Waals surface area contributed by atoms with Crippen molar-refractivity contribution in [3.8, 4) is 33.8 Å². The normalized spacial score (nSPS) is 13.4. The molecule has 6 nitrogen and oxygen atoms in total. The van der Waals surface area contributed by atoms with Crippen molar-refractivity contribution >= 4 is 11.8 Å². The molecule has 48 heavy (non-hydrogen) atoms. The molecular weight excluding hydrogens is 596 g/mol. The highest BCUT2D eigenvalue weighted by atomic mass is 16.5. The highest BCUT2D eigenvalue weighted by molar-refractivity contribution is 5.95. The van der Waals surface area contributed by atoms with E-state index in [9.17, 15) is 9.59 Å². The zero-order valence-corrected chi connectivity index (χ0v) is 26.3. The quantitative estimate of drug-likeness (QED) is 0.177. The summed E-state index contributed by atoms with van der Waals surface area (Å²) in [6.45, 7) is 1.56. The van der Waals surface area contributed by atoms with Gasteiger partial charge in [0.05, 0.1) is 0 Å². The van der Waals surface area contributed by atoms with E-state index in [-0.39, 0.29) is 11.8 Å². The maximum Gasteiger partial charge on any atom is 0.251 e. The number of rotatable bonds is 0. The molecule has 0 fully saturated rings. The van der Waals surface area contributed by atoms with Crippen LogP contribution >= 0.6 is 0 Å². The Morgan fingerprint density at radius 2 is 0.750 bits per heavy atom. The van der Waals surface area contributed by atoms with Gasteiger partial charge in [-0.05, 0) is 87.0 Å². The predicted molar refractivity (Wildman–Crippen MR) is 188 cm³/mol. The summed E-state index contributed by atoms with van der Waals surface area (Å²) in [5.74, 6) is 0.927. The lowest BCUT2D eigenvalue weighted by Crippen LogP contribution is -2.22. The van der Waals surface area contributed by atoms with E-state index >= 15 is 0 Å². The zero-order valence-electron chi connectivity index (χ0n) is 26.3. The van der Waals surface area contributed by atoms with Crippen LogP contribution in [-0.2, 0) is 26.3 Å². The van der Waals surface area contributed by atoms with Crippen molar-refractivity contribution in [3.63, 3.8) is 0 Å². The summed E-state index contributed by atoms with van der Waals surface area (Å²) in [6, 6.07) is 47.3. The SMILES string of the molecule is O=C1NCc2ccc(cc2)-c2cccc(c2)-c2ccc(cc2)CNC(=O)c2cccc(c2)OCc2ccc(cc2)COc2cccc1c2. The molecule has 0 atom stereocenters. The van der Waals surface area contributed by atoms with Gasteiger partial charge in [-0.2, -0.15) is 0 Å². The molecule has 6 aromatic rings. The van der Waals surface area contributed by atoms with Crippen LogP contribution in [0, 0.1) is 0 Å². The number of nitrogens with one attached hydrogen (secondary N) is 2. The summed E-state index contributed by atoms with van der Waals surface area (Å²) in [5, 5.41) is 6.05. The Hall–Kier alpha value is -6.14. The topological polar surface area (TPSA) is 76.7 Å². The van der Waals surface area contributed by atoms with Gasteiger partial charge in [0.15, 0.2) is 0 Å². The average Bonchev–Trinajstić information content (AvgIpc) is 3.15. The molecule has 10 rings (SSSR count). The number of carbonyl (C=O) groups is 2. The van der Waals surface area contributed by atoms with Crippen molar-refractivity contribution in [1.82, 2.24) is 10.6 Å². The molecular formula is C42H34N2O4. The Balaban J connectivity index is 1.13. The molecule has 2 amide bonds. The molecule has 0 radical (unpaired) electrons. The molecule has 0 saturated heterocycles. The molecule has 6 aromatic carbocycles. The molecule has 0 spiro atoms. The Morgan fingerprint density at radius 3 is 1.19 bits per heavy atom. The van der Waals surface area contributed by atoms with Crippen LogP contribution in [0.4, 0.5) is 0 Å². The molecule has 0 aliphatic carbocycles. The molecule has 12 bridgehead atoms. The van der Waals surface area contributed by atoms with Crippen LogP contribution in [0.15, 0.2) is 146 Å². The van der Waals surface area contributed by atoms with Gasteiger partial charge in [-0.3, -0.25) is 9.59 Å². The first-order chi connectivity index (χ1) is 23.6. The summed E-state index contributed by atoms with van der Waals surface area (Å²) in [7, 11) is 0. The van der Waals surface area contributed by atoms with Gasteiger partial charge >= 0.3 is 0 Å². The van der Waals surface area contributed by atoms with E-state index in [2.05, 4.69) is 59.2 Å². The maximum atomic E-state index is 13.0. The first kappa shape index (κ1) is 30.5. The molecule has 4 heterocycles. The summed E-state index contributed by atoms with van der Waals surface area (Å²) < 4.78 is 12.0. The summed E-state index contributed by atoms with van der Waals surface area (Å²) in [5.41, 5.74) is 9.48. The Morgan fingerprint density at radius 1 is 0.375 bits per heavy atom. The summed E-state index contributed by atoms with van der Waals surface area (Å²) >= 11 is 0. The lowest BCUT2D eigenvalue weighted by atomic mass is 9.98. The standard InChI is InChI=1S/C42H34N2O4/c45-41-37-6-2-8-39(23-37)47-27-31-10-12-32(13-11-31)28-48-40-9-3-7-38(24-40)42(46)44-26-30-16-20-34(21-17-30)36-5-1-4-35(22-36)33-18-14-29(15-19-33)25-43-41/h1-24H,25-28H2,(H,43,45)(H,44,46). The third-order valence-corrected chi connectivity index (χ3v) is 8.37. The number of hydrogen-bond donors (Lipinski definition) is 2. The zero-order chi connectivity index (χ0) is 32.7. The number of hydrogen-bond acceptors (Lipinski definition) is 4. The fourth-order valence-corrected chi connectivity index (χ4v) is 5.60. The van der Waals surface area contributed by atoms with Gasteiger partial charge in [0.25, 0.3) is 11.8 Å². The van der Waals surface area contributed by atoms with E-state index in [1.165, 1.54) is 0 Å². The van der Waals surface area contributed by atoms with Gasteiger partial charge in [0, 0.05) is 24.2 Å². The molecule has 236 valence electrons. The third kappa shape index (κ3) is 7.45. The monoisotopic (exact) mass is 630 g/mol. The van der Waals surface area contributed by atoms with Gasteiger partial charge < -0.3 is 20.1 Å². The molecule has 6 heteroatoms. The lowest BCUT2D eigenvalue weighted by Gasteiger charge is -2.11. The summed E-state index contributed by atoms with van der Waals surface area (Å²) in [6.07, 6.45) is 0. The highest BCUT2D eigenvalue weighted by Gasteiger charge is 2.10. The van der Waals surface area contributed by atoms with E-state index < -0.39 is 0 Å². The second-order valence-corrected chi connectivity index (χ2v) is 11.8. The first-order valence-corrected chi connectivity index (χ1v) is 15.9. The van der Waals surface area contributed by atoms with Crippen LogP contribution in [0.3, 0.4) is 0 Å². The average molecular weight is 631 g/mol. The Labute approximate surface area is 280 Å². The lowest BCUT2D eigenvalue weighted by molar-refractivity contribution is 0.0942. The number of fused-ring (bicyclic) bond motifs is 3. The van der Waals surface area contributed by atoms with Crippen molar-refractivity contribution in [2.24, 2.45) is 0 Å². The first-order valence-electron chi connectivity index (χ1n) is 15.9. The number of benzene rings is 6. The van der Waals surface area contributed by atoms with Crippen LogP contribution in [0.2, 0.25) is 0 Å². The Bertz CT molecular complexity index is 1910. The second-order valence-electron chi connectivity index (χ2n) is 11.8. The van der Waals surface area contributed by atoms with Gasteiger partial charge in [0.2, 0.25) is 0 Å². The van der Waals surface area contributed by atoms with E-state index in [0.29, 0.717) is 48.9 Å². The second kappa shape index (κ2) is 14.1. The molecule has 4 aliphatic rings. The summed E-state index contributed by atoms with van der Waals surface area (Å²) in [4.78, 5) is 26.0. The molecule has 0 saturated carbocycles. The number of ether oxygens (including phenoxy) is 2. The van der Waals surface area contributed by atoms with Gasteiger partial charge in [-0.1, -0.05) is 103 Å². The number of carbonyl (C=O) groups excluding carboxylic acids is 2. The van der Waals surface area contributed by atoms with Crippen LogP contribution < -0.4 is 20.1 Å². The van der Waals surface area contributed by atoms with Crippen LogP contribution in [0.25, 0.3) is 22.3 Å². The van der Waals surface area contributed by atoms with E-state index in [1.54, 1.807) is 24.3 Å². The van der Waals surface area contributed by atoms with Gasteiger partial charge in [-0.25, -0.2) is 0 Å². The molecule has 0 aromatic heterocycles. The van der Waals surface area contributed by atoms with Crippen LogP contribution in [-0.4, -0.2) is 11.8 Å². The smallest absolute Gasteiger partial charge is 0.251 e. The van der Waals surface area contributed by atoms with Crippen molar-refractivity contribution < 1.29 is 19.1 Å². The van der Waals surface area contributed by atoms with Crippen molar-refractivity contribution in [2.45, 2.75) is 26.3 Å². The maximum absolute atomic E-state index is 13.0. The minimum atomic E-state index is -0.159. The largest absolute Gasteiger partial charge is 0.489 e.